The van der Waals surface area contributed by atoms with Crippen molar-refractivity contribution in [2.75, 3.05) is 0 Å². The molecule has 0 N–H and O–H groups in total. The Balaban J connectivity index is 0.00000840. The van der Waals surface area contributed by atoms with Crippen molar-refractivity contribution in [3.63, 3.8) is 0 Å². The summed E-state index contributed by atoms with van der Waals surface area (Å²) in [7, 11) is 0. The first-order valence-corrected chi connectivity index (χ1v) is 17.0. The van der Waals surface area contributed by atoms with Crippen molar-refractivity contribution in [3.05, 3.63) is 58.7 Å². The third-order valence-electron chi connectivity index (χ3n) is 8.10. The fourth-order valence-corrected chi connectivity index (χ4v) is 5.42. The van der Waals surface area contributed by atoms with Crippen molar-refractivity contribution in [3.8, 4) is 0 Å². The first-order valence-electron chi connectivity index (χ1n) is 17.0. The van der Waals surface area contributed by atoms with Crippen LogP contribution < -0.4 is 0 Å². The summed E-state index contributed by atoms with van der Waals surface area (Å²) < 4.78 is 0. The Morgan fingerprint density at radius 2 is 0.707 bits per heavy atom. The van der Waals surface area contributed by atoms with E-state index in [1.165, 1.54) is 111 Å². The normalized spacial score (nSPS) is 12.0. The van der Waals surface area contributed by atoms with Crippen LogP contribution in [0.15, 0.2) is 46.4 Å². The molecule has 0 spiro atoms. The van der Waals surface area contributed by atoms with E-state index in [1.807, 2.05) is 0 Å². The topological polar surface area (TPSA) is 24.7 Å². The van der Waals surface area contributed by atoms with Gasteiger partial charge in [-0.3, -0.25) is 9.98 Å². The number of nitrogens with zero attached hydrogens (tertiary/aromatic N) is 2. The van der Waals surface area contributed by atoms with E-state index in [2.05, 4.69) is 77.9 Å². The van der Waals surface area contributed by atoms with Crippen LogP contribution in [0.5, 0.6) is 0 Å². The van der Waals surface area contributed by atoms with Gasteiger partial charge < -0.3 is 0 Å². The minimum absolute atomic E-state index is 0. The second kappa shape index (κ2) is 22.8. The van der Waals surface area contributed by atoms with Crippen LogP contribution in [0, 0.1) is 0 Å². The van der Waals surface area contributed by atoms with Crippen molar-refractivity contribution in [2.24, 2.45) is 9.98 Å². The standard InChI is InChI=1S/C38H60N2.Ni/c1-7-13-15-17-19-21-23-37(39-35-27-31(9-3)25-32(10-4)28-35)38(24-22-20-18-16-14-8-2)40-36-29-33(11-5)26-34(12-6)30-36;/h25-30H,7-24H2,1-6H3;. The second-order valence-electron chi connectivity index (χ2n) is 11.6. The third kappa shape index (κ3) is 14.8. The molecule has 3 heteroatoms. The quantitative estimate of drug-likeness (QED) is 0.0770. The monoisotopic (exact) mass is 602 g/mol. The summed E-state index contributed by atoms with van der Waals surface area (Å²) in [4.78, 5) is 10.8. The molecular formula is C38H60N2Ni. The molecule has 0 atom stereocenters. The van der Waals surface area contributed by atoms with E-state index < -0.39 is 0 Å². The van der Waals surface area contributed by atoms with Gasteiger partial charge in [0.1, 0.15) is 0 Å². The Kier molecular flexibility index (Phi) is 20.8. The van der Waals surface area contributed by atoms with E-state index in [-0.39, 0.29) is 16.5 Å². The van der Waals surface area contributed by atoms with E-state index in [0.29, 0.717) is 0 Å². The van der Waals surface area contributed by atoms with Crippen LogP contribution in [0.25, 0.3) is 0 Å². The zero-order valence-electron chi connectivity index (χ0n) is 27.4. The van der Waals surface area contributed by atoms with Gasteiger partial charge in [-0.15, -0.1) is 0 Å². The summed E-state index contributed by atoms with van der Waals surface area (Å²) >= 11 is 0. The van der Waals surface area contributed by atoms with Crippen molar-refractivity contribution >= 4 is 22.8 Å². The van der Waals surface area contributed by atoms with E-state index in [4.69, 9.17) is 9.98 Å². The minimum atomic E-state index is 0. The fraction of sp³-hybridized carbons (Fsp3) is 0.632. The summed E-state index contributed by atoms with van der Waals surface area (Å²) in [5.74, 6) is 0. The maximum Gasteiger partial charge on any atom is 0.0639 e. The Morgan fingerprint density at radius 1 is 0.415 bits per heavy atom. The summed E-state index contributed by atoms with van der Waals surface area (Å²) in [6, 6.07) is 13.9. The zero-order chi connectivity index (χ0) is 29.0. The van der Waals surface area contributed by atoms with Crippen LogP contribution in [0.2, 0.25) is 0 Å². The van der Waals surface area contributed by atoms with E-state index >= 15 is 0 Å². The molecule has 0 fully saturated rings. The molecule has 0 aliphatic carbocycles. The zero-order valence-corrected chi connectivity index (χ0v) is 28.4. The summed E-state index contributed by atoms with van der Waals surface area (Å²) in [6.45, 7) is 13.6. The number of aryl methyl sites for hydroxylation is 4. The number of aliphatic imine (C=N–C) groups is 2. The predicted octanol–water partition coefficient (Wildman–Crippen LogP) is 12.3. The van der Waals surface area contributed by atoms with Gasteiger partial charge in [0.25, 0.3) is 0 Å². The predicted molar refractivity (Wildman–Crippen MR) is 181 cm³/mol. The maximum atomic E-state index is 5.41. The molecule has 0 bridgehead atoms. The molecule has 2 aromatic rings. The van der Waals surface area contributed by atoms with Gasteiger partial charge >= 0.3 is 0 Å². The molecule has 0 amide bonds. The number of unbranched alkanes of at least 4 members (excludes halogenated alkanes) is 10. The van der Waals surface area contributed by atoms with Crippen molar-refractivity contribution in [1.82, 2.24) is 0 Å². The largest absolute Gasteiger partial charge is 0.252 e. The van der Waals surface area contributed by atoms with Gasteiger partial charge in [-0.25, -0.2) is 0 Å². The Labute approximate surface area is 264 Å². The van der Waals surface area contributed by atoms with Gasteiger partial charge in [0.15, 0.2) is 0 Å². The fourth-order valence-electron chi connectivity index (χ4n) is 5.42. The average Bonchev–Trinajstić information content (AvgIpc) is 2.98. The molecule has 2 aromatic carbocycles. The molecule has 0 aliphatic heterocycles. The molecular weight excluding hydrogens is 543 g/mol. The van der Waals surface area contributed by atoms with Gasteiger partial charge in [-0.2, -0.15) is 0 Å². The molecule has 0 saturated carbocycles. The Morgan fingerprint density at radius 3 is 1.00 bits per heavy atom. The number of benzene rings is 2. The van der Waals surface area contributed by atoms with Crippen LogP contribution in [0.4, 0.5) is 11.4 Å². The molecule has 2 rings (SSSR count). The average molecular weight is 604 g/mol. The van der Waals surface area contributed by atoms with E-state index in [9.17, 15) is 0 Å². The van der Waals surface area contributed by atoms with Crippen molar-refractivity contribution in [1.29, 1.82) is 0 Å². The van der Waals surface area contributed by atoms with Gasteiger partial charge in [0.05, 0.1) is 22.8 Å². The van der Waals surface area contributed by atoms with Gasteiger partial charge in [0, 0.05) is 16.5 Å². The smallest absolute Gasteiger partial charge is 0.0639 e. The molecule has 0 aromatic heterocycles. The molecule has 0 saturated heterocycles. The van der Waals surface area contributed by atoms with E-state index in [0.717, 1.165) is 49.9 Å². The van der Waals surface area contributed by atoms with Crippen molar-refractivity contribution in [2.45, 2.75) is 157 Å². The van der Waals surface area contributed by atoms with Crippen LogP contribution in [0.3, 0.4) is 0 Å². The molecule has 2 nitrogen and oxygen atoms in total. The van der Waals surface area contributed by atoms with Crippen LogP contribution in [0.1, 0.15) is 154 Å². The molecule has 232 valence electrons. The molecule has 41 heavy (non-hydrogen) atoms. The third-order valence-corrected chi connectivity index (χ3v) is 8.10. The van der Waals surface area contributed by atoms with Crippen LogP contribution in [-0.4, -0.2) is 11.4 Å². The van der Waals surface area contributed by atoms with Crippen LogP contribution in [-0.2, 0) is 42.2 Å². The van der Waals surface area contributed by atoms with Crippen LogP contribution >= 0.6 is 0 Å². The first-order chi connectivity index (χ1) is 19.6. The minimum Gasteiger partial charge on any atom is -0.252 e. The van der Waals surface area contributed by atoms with Gasteiger partial charge in [0.2, 0.25) is 0 Å². The molecule has 0 heterocycles. The van der Waals surface area contributed by atoms with Crippen molar-refractivity contribution < 1.29 is 16.5 Å². The number of hydrogen-bond acceptors (Lipinski definition) is 2. The molecule has 0 unspecified atom stereocenters. The maximum absolute atomic E-state index is 5.41. The first kappa shape index (κ1) is 37.3. The Bertz CT molecular complexity index is 909. The summed E-state index contributed by atoms with van der Waals surface area (Å²) in [6.07, 6.45) is 21.8. The Hall–Kier alpha value is -1.73. The molecule has 0 aliphatic rings. The summed E-state index contributed by atoms with van der Waals surface area (Å²) in [5.41, 5.74) is 10.2. The van der Waals surface area contributed by atoms with E-state index in [1.54, 1.807) is 0 Å². The SMILES string of the molecule is CCCCCCCCC(=Nc1cc(CC)cc(CC)c1)C(CCCCCCCC)=Nc1cc(CC)cc(CC)c1.[Ni]. The van der Waals surface area contributed by atoms with Gasteiger partial charge in [-0.1, -0.05) is 118 Å². The number of hydrogen-bond donors (Lipinski definition) is 0. The summed E-state index contributed by atoms with van der Waals surface area (Å²) in [5, 5.41) is 0. The molecule has 0 radical (unpaired) electrons. The second-order valence-corrected chi connectivity index (χ2v) is 11.6. The number of rotatable bonds is 21. The van der Waals surface area contributed by atoms with Gasteiger partial charge in [-0.05, 0) is 97.9 Å².